The molecule has 1 aromatic heterocycles. The maximum Gasteiger partial charge on any atom is 0.257 e. The van der Waals surface area contributed by atoms with Crippen LogP contribution in [-0.4, -0.2) is 59.5 Å². The fourth-order valence-electron chi connectivity index (χ4n) is 2.56. The monoisotopic (exact) mass is 290 g/mol. The number of carbonyl (C=O) groups is 1. The van der Waals surface area contributed by atoms with Crippen LogP contribution >= 0.6 is 0 Å². The lowest BCUT2D eigenvalue weighted by molar-refractivity contribution is 0.0312. The van der Waals surface area contributed by atoms with E-state index in [0.717, 1.165) is 38.3 Å². The normalized spacial score (nSPS) is 18.6. The number of likely N-dealkylation sites (N-methyl/N-ethyl adjacent to an activating group) is 1. The largest absolute Gasteiger partial charge is 0.384 e. The maximum atomic E-state index is 12.8. The standard InChI is InChI=1S/C16H26N4O/c1-5-7-18-14-6-8-17-11-13(14)15(21)20-10-9-19(4)16(2,3)12-20/h6,8,11H,5,7,9-10,12H2,1-4H3,(H,17,18). The van der Waals surface area contributed by atoms with E-state index in [1.54, 1.807) is 12.4 Å². The number of amides is 1. The van der Waals surface area contributed by atoms with Gasteiger partial charge in [-0.3, -0.25) is 14.7 Å². The molecule has 0 unspecified atom stereocenters. The molecule has 1 N–H and O–H groups in total. The molecule has 1 fully saturated rings. The highest BCUT2D eigenvalue weighted by molar-refractivity contribution is 5.99. The summed E-state index contributed by atoms with van der Waals surface area (Å²) < 4.78 is 0. The van der Waals surface area contributed by atoms with Gasteiger partial charge in [-0.2, -0.15) is 0 Å². The SMILES string of the molecule is CCCNc1ccncc1C(=O)N1CCN(C)C(C)(C)C1. The Bertz CT molecular complexity index is 501. The van der Waals surface area contributed by atoms with Crippen LogP contribution < -0.4 is 5.32 Å². The first-order valence-electron chi connectivity index (χ1n) is 7.64. The van der Waals surface area contributed by atoms with Gasteiger partial charge in [0, 0.05) is 44.1 Å². The van der Waals surface area contributed by atoms with Crippen LogP contribution in [0.3, 0.4) is 0 Å². The Balaban J connectivity index is 2.17. The molecule has 21 heavy (non-hydrogen) atoms. The van der Waals surface area contributed by atoms with Crippen LogP contribution in [-0.2, 0) is 0 Å². The second-order valence-corrected chi connectivity index (χ2v) is 6.31. The van der Waals surface area contributed by atoms with Gasteiger partial charge in [0.1, 0.15) is 0 Å². The molecule has 1 amide bonds. The second-order valence-electron chi connectivity index (χ2n) is 6.31. The fraction of sp³-hybridized carbons (Fsp3) is 0.625. The van der Waals surface area contributed by atoms with Crippen molar-refractivity contribution in [3.8, 4) is 0 Å². The Kier molecular flexibility index (Phi) is 4.83. The summed E-state index contributed by atoms with van der Waals surface area (Å²) >= 11 is 0. The Hall–Kier alpha value is -1.62. The number of piperazine rings is 1. The maximum absolute atomic E-state index is 12.8. The van der Waals surface area contributed by atoms with Gasteiger partial charge in [-0.25, -0.2) is 0 Å². The van der Waals surface area contributed by atoms with Crippen molar-refractivity contribution in [3.05, 3.63) is 24.0 Å². The summed E-state index contributed by atoms with van der Waals surface area (Å²) in [6, 6.07) is 1.88. The van der Waals surface area contributed by atoms with Gasteiger partial charge in [-0.15, -0.1) is 0 Å². The summed E-state index contributed by atoms with van der Waals surface area (Å²) in [6.45, 7) is 9.72. The number of rotatable bonds is 4. The van der Waals surface area contributed by atoms with E-state index in [-0.39, 0.29) is 11.4 Å². The predicted molar refractivity (Wildman–Crippen MR) is 85.6 cm³/mol. The lowest BCUT2D eigenvalue weighted by Crippen LogP contribution is -2.58. The van der Waals surface area contributed by atoms with Crippen molar-refractivity contribution >= 4 is 11.6 Å². The van der Waals surface area contributed by atoms with E-state index < -0.39 is 0 Å². The third kappa shape index (κ3) is 3.53. The van der Waals surface area contributed by atoms with E-state index >= 15 is 0 Å². The summed E-state index contributed by atoms with van der Waals surface area (Å²) in [5.41, 5.74) is 1.56. The minimum Gasteiger partial charge on any atom is -0.384 e. The van der Waals surface area contributed by atoms with E-state index in [4.69, 9.17) is 0 Å². The molecular formula is C16H26N4O. The number of pyridine rings is 1. The first-order chi connectivity index (χ1) is 9.95. The molecule has 116 valence electrons. The molecule has 1 aliphatic heterocycles. The Labute approximate surface area is 127 Å². The van der Waals surface area contributed by atoms with Crippen molar-refractivity contribution in [2.75, 3.05) is 38.5 Å². The van der Waals surface area contributed by atoms with Crippen LogP contribution in [0.1, 0.15) is 37.6 Å². The molecule has 2 heterocycles. The molecule has 1 aromatic rings. The average molecular weight is 290 g/mol. The number of aromatic nitrogens is 1. The molecule has 0 spiro atoms. The summed E-state index contributed by atoms with van der Waals surface area (Å²) in [6.07, 6.45) is 4.42. The quantitative estimate of drug-likeness (QED) is 0.922. The first kappa shape index (κ1) is 15.8. The van der Waals surface area contributed by atoms with Crippen LogP contribution in [0.2, 0.25) is 0 Å². The number of carbonyl (C=O) groups excluding carboxylic acids is 1. The average Bonchev–Trinajstić information content (AvgIpc) is 2.47. The molecular weight excluding hydrogens is 264 g/mol. The van der Waals surface area contributed by atoms with Crippen LogP contribution in [0.4, 0.5) is 5.69 Å². The molecule has 0 aromatic carbocycles. The van der Waals surface area contributed by atoms with Gasteiger partial charge in [0.05, 0.1) is 11.3 Å². The highest BCUT2D eigenvalue weighted by Gasteiger charge is 2.34. The van der Waals surface area contributed by atoms with Crippen molar-refractivity contribution < 1.29 is 4.79 Å². The van der Waals surface area contributed by atoms with Crippen molar-refractivity contribution in [1.82, 2.24) is 14.8 Å². The molecule has 5 nitrogen and oxygen atoms in total. The Morgan fingerprint density at radius 2 is 2.19 bits per heavy atom. The molecule has 0 bridgehead atoms. The van der Waals surface area contributed by atoms with Crippen molar-refractivity contribution in [3.63, 3.8) is 0 Å². The zero-order valence-electron chi connectivity index (χ0n) is 13.5. The molecule has 1 saturated heterocycles. The minimum absolute atomic E-state index is 0.00707. The lowest BCUT2D eigenvalue weighted by Gasteiger charge is -2.45. The van der Waals surface area contributed by atoms with Crippen LogP contribution in [0, 0.1) is 0 Å². The number of nitrogens with one attached hydrogen (secondary N) is 1. The number of hydrogen-bond donors (Lipinski definition) is 1. The molecule has 0 aliphatic carbocycles. The van der Waals surface area contributed by atoms with Crippen LogP contribution in [0.25, 0.3) is 0 Å². The Morgan fingerprint density at radius 3 is 2.86 bits per heavy atom. The third-order valence-corrected chi connectivity index (χ3v) is 4.22. The summed E-state index contributed by atoms with van der Waals surface area (Å²) in [4.78, 5) is 21.2. The van der Waals surface area contributed by atoms with Crippen molar-refractivity contribution in [1.29, 1.82) is 0 Å². The van der Waals surface area contributed by atoms with Gasteiger partial charge < -0.3 is 10.2 Å². The minimum atomic E-state index is 0.00707. The topological polar surface area (TPSA) is 48.5 Å². The van der Waals surface area contributed by atoms with E-state index in [9.17, 15) is 4.79 Å². The fourth-order valence-corrected chi connectivity index (χ4v) is 2.56. The predicted octanol–water partition coefficient (Wildman–Crippen LogP) is 2.07. The number of hydrogen-bond acceptors (Lipinski definition) is 4. The van der Waals surface area contributed by atoms with Crippen LogP contribution in [0.15, 0.2) is 18.5 Å². The van der Waals surface area contributed by atoms with Gasteiger partial charge in [0.15, 0.2) is 0 Å². The molecule has 0 saturated carbocycles. The molecule has 0 radical (unpaired) electrons. The molecule has 5 heteroatoms. The summed E-state index contributed by atoms with van der Waals surface area (Å²) in [5, 5.41) is 3.31. The number of anilines is 1. The van der Waals surface area contributed by atoms with E-state index in [1.807, 2.05) is 11.0 Å². The second kappa shape index (κ2) is 6.43. The molecule has 0 atom stereocenters. The van der Waals surface area contributed by atoms with Crippen LogP contribution in [0.5, 0.6) is 0 Å². The zero-order chi connectivity index (χ0) is 15.5. The van der Waals surface area contributed by atoms with E-state index in [2.05, 4.69) is 43.0 Å². The summed E-state index contributed by atoms with van der Waals surface area (Å²) in [5.74, 6) is 0.0721. The van der Waals surface area contributed by atoms with Gasteiger partial charge in [-0.05, 0) is 33.4 Å². The van der Waals surface area contributed by atoms with Gasteiger partial charge in [0.25, 0.3) is 5.91 Å². The molecule has 2 rings (SSSR count). The Morgan fingerprint density at radius 1 is 1.43 bits per heavy atom. The zero-order valence-corrected chi connectivity index (χ0v) is 13.5. The molecule has 1 aliphatic rings. The van der Waals surface area contributed by atoms with E-state index in [0.29, 0.717) is 5.56 Å². The third-order valence-electron chi connectivity index (χ3n) is 4.22. The summed E-state index contributed by atoms with van der Waals surface area (Å²) in [7, 11) is 2.11. The van der Waals surface area contributed by atoms with Crippen molar-refractivity contribution in [2.45, 2.75) is 32.7 Å². The number of nitrogens with zero attached hydrogens (tertiary/aromatic N) is 3. The lowest BCUT2D eigenvalue weighted by atomic mass is 9.99. The van der Waals surface area contributed by atoms with Crippen molar-refractivity contribution in [2.24, 2.45) is 0 Å². The highest BCUT2D eigenvalue weighted by atomic mass is 16.2. The first-order valence-corrected chi connectivity index (χ1v) is 7.64. The van der Waals surface area contributed by atoms with E-state index in [1.165, 1.54) is 0 Å². The van der Waals surface area contributed by atoms with Gasteiger partial charge in [-0.1, -0.05) is 6.92 Å². The smallest absolute Gasteiger partial charge is 0.257 e. The highest BCUT2D eigenvalue weighted by Crippen LogP contribution is 2.22. The van der Waals surface area contributed by atoms with Gasteiger partial charge in [0.2, 0.25) is 0 Å². The van der Waals surface area contributed by atoms with Gasteiger partial charge >= 0.3 is 0 Å².